The summed E-state index contributed by atoms with van der Waals surface area (Å²) < 4.78 is 0. The van der Waals surface area contributed by atoms with Gasteiger partial charge in [0.2, 0.25) is 11.8 Å². The quantitative estimate of drug-likeness (QED) is 0.638. The van der Waals surface area contributed by atoms with Gasteiger partial charge < -0.3 is 20.9 Å². The summed E-state index contributed by atoms with van der Waals surface area (Å²) in [6.07, 6.45) is 3.85. The molecular formula is C19H29ClN4O3S. The monoisotopic (exact) mass is 428 g/mol. The highest BCUT2D eigenvalue weighted by atomic mass is 35.5. The second-order valence-electron chi connectivity index (χ2n) is 7.36. The number of hydrogen-bond acceptors (Lipinski definition) is 5. The molecule has 0 spiro atoms. The lowest BCUT2D eigenvalue weighted by molar-refractivity contribution is -0.134. The molecule has 3 unspecified atom stereocenters. The summed E-state index contributed by atoms with van der Waals surface area (Å²) in [6.45, 7) is 4.55. The third kappa shape index (κ3) is 5.93. The van der Waals surface area contributed by atoms with E-state index >= 15 is 0 Å². The summed E-state index contributed by atoms with van der Waals surface area (Å²) in [5.41, 5.74) is 0. The molecule has 3 rings (SSSR count). The van der Waals surface area contributed by atoms with E-state index in [1.165, 1.54) is 11.3 Å². The van der Waals surface area contributed by atoms with E-state index in [1.807, 2.05) is 16.3 Å². The average molecular weight is 429 g/mol. The zero-order valence-corrected chi connectivity index (χ0v) is 17.7. The Balaban J connectivity index is 0.00000280. The van der Waals surface area contributed by atoms with Gasteiger partial charge in [-0.15, -0.1) is 23.7 Å². The van der Waals surface area contributed by atoms with Crippen molar-refractivity contribution in [3.63, 3.8) is 0 Å². The second kappa shape index (κ2) is 10.8. The van der Waals surface area contributed by atoms with Gasteiger partial charge in [0.15, 0.2) is 0 Å². The van der Waals surface area contributed by atoms with Gasteiger partial charge >= 0.3 is 0 Å². The molecular weight excluding hydrogens is 400 g/mol. The Morgan fingerprint density at radius 1 is 1.32 bits per heavy atom. The van der Waals surface area contributed by atoms with E-state index in [2.05, 4.69) is 16.0 Å². The molecule has 1 aromatic rings. The lowest BCUT2D eigenvalue weighted by Gasteiger charge is -2.34. The molecule has 2 aliphatic rings. The molecule has 7 nitrogen and oxygen atoms in total. The van der Waals surface area contributed by atoms with Gasteiger partial charge in [-0.1, -0.05) is 6.07 Å². The largest absolute Gasteiger partial charge is 0.354 e. The summed E-state index contributed by atoms with van der Waals surface area (Å²) in [6, 6.07) is 2.93. The van der Waals surface area contributed by atoms with Crippen molar-refractivity contribution in [2.45, 2.75) is 44.7 Å². The van der Waals surface area contributed by atoms with Crippen molar-refractivity contribution in [1.29, 1.82) is 0 Å². The highest BCUT2D eigenvalue weighted by Crippen LogP contribution is 2.17. The van der Waals surface area contributed by atoms with Crippen molar-refractivity contribution < 1.29 is 14.4 Å². The molecule has 2 aliphatic heterocycles. The number of halogens is 1. The van der Waals surface area contributed by atoms with Gasteiger partial charge in [0, 0.05) is 19.6 Å². The lowest BCUT2D eigenvalue weighted by Crippen LogP contribution is -2.51. The smallest absolute Gasteiger partial charge is 0.261 e. The van der Waals surface area contributed by atoms with Crippen LogP contribution < -0.4 is 16.0 Å². The fourth-order valence-corrected chi connectivity index (χ4v) is 4.35. The fraction of sp³-hybridized carbons (Fsp3) is 0.632. The molecule has 3 N–H and O–H groups in total. The number of nitrogens with one attached hydrogen (secondary N) is 3. The third-order valence-electron chi connectivity index (χ3n) is 5.24. The Labute approximate surface area is 176 Å². The Hall–Kier alpha value is -1.64. The van der Waals surface area contributed by atoms with Gasteiger partial charge in [-0.25, -0.2) is 0 Å². The maximum absolute atomic E-state index is 12.7. The van der Waals surface area contributed by atoms with Gasteiger partial charge in [-0.3, -0.25) is 14.4 Å². The van der Waals surface area contributed by atoms with Crippen LogP contribution in [0.5, 0.6) is 0 Å². The van der Waals surface area contributed by atoms with Crippen LogP contribution in [0.2, 0.25) is 0 Å². The maximum Gasteiger partial charge on any atom is 0.261 e. The van der Waals surface area contributed by atoms with E-state index in [4.69, 9.17) is 0 Å². The van der Waals surface area contributed by atoms with Gasteiger partial charge in [0.1, 0.15) is 6.04 Å². The first kappa shape index (κ1) is 22.6. The Kier molecular flexibility index (Phi) is 8.72. The molecule has 3 amide bonds. The summed E-state index contributed by atoms with van der Waals surface area (Å²) in [5, 5.41) is 10.8. The molecule has 0 aromatic carbocycles. The van der Waals surface area contributed by atoms with E-state index < -0.39 is 6.04 Å². The molecule has 3 heterocycles. The molecule has 1 aromatic heterocycles. The first-order valence-electron chi connectivity index (χ1n) is 9.69. The van der Waals surface area contributed by atoms with Crippen LogP contribution in [0.4, 0.5) is 0 Å². The van der Waals surface area contributed by atoms with Crippen LogP contribution in [0.1, 0.15) is 42.3 Å². The summed E-state index contributed by atoms with van der Waals surface area (Å²) in [5.74, 6) is 0.0462. The standard InChI is InChI=1S/C19H28N4O3S.ClH/c1-13(22-18(25)16-7-4-10-27-16)19(26)23-9-3-5-14(12-23)11-21-17(24)15-6-2-8-20-15;/h4,7,10,13-15,20H,2-3,5-6,8-9,11-12H2,1H3,(H,21,24)(H,22,25);1H. The molecule has 0 radical (unpaired) electrons. The van der Waals surface area contributed by atoms with Gasteiger partial charge in [-0.05, 0) is 56.5 Å². The number of carbonyl (C=O) groups is 3. The molecule has 28 heavy (non-hydrogen) atoms. The van der Waals surface area contributed by atoms with Crippen LogP contribution in [0.15, 0.2) is 17.5 Å². The predicted molar refractivity (Wildman–Crippen MR) is 112 cm³/mol. The number of nitrogens with zero attached hydrogens (tertiary/aromatic N) is 1. The van der Waals surface area contributed by atoms with E-state index in [-0.39, 0.29) is 42.1 Å². The Morgan fingerprint density at radius 2 is 2.14 bits per heavy atom. The predicted octanol–water partition coefficient (Wildman–Crippen LogP) is 1.39. The summed E-state index contributed by atoms with van der Waals surface area (Å²) in [7, 11) is 0. The number of piperidine rings is 1. The normalized spacial score (nSPS) is 22.8. The minimum atomic E-state index is -0.560. The molecule has 3 atom stereocenters. The molecule has 0 aliphatic carbocycles. The van der Waals surface area contributed by atoms with Gasteiger partial charge in [-0.2, -0.15) is 0 Å². The third-order valence-corrected chi connectivity index (χ3v) is 6.10. The van der Waals surface area contributed by atoms with Crippen LogP contribution in [0.25, 0.3) is 0 Å². The number of carbonyl (C=O) groups excluding carboxylic acids is 3. The second-order valence-corrected chi connectivity index (χ2v) is 8.31. The first-order chi connectivity index (χ1) is 13.0. The minimum absolute atomic E-state index is 0. The zero-order valence-electron chi connectivity index (χ0n) is 16.1. The molecule has 0 bridgehead atoms. The zero-order chi connectivity index (χ0) is 19.2. The van der Waals surface area contributed by atoms with Crippen molar-refractivity contribution >= 4 is 41.5 Å². The summed E-state index contributed by atoms with van der Waals surface area (Å²) >= 11 is 1.36. The van der Waals surface area contributed by atoms with E-state index in [9.17, 15) is 14.4 Å². The van der Waals surface area contributed by atoms with Crippen molar-refractivity contribution in [3.8, 4) is 0 Å². The average Bonchev–Trinajstić information content (AvgIpc) is 3.39. The van der Waals surface area contributed by atoms with Crippen LogP contribution in [-0.4, -0.2) is 60.9 Å². The highest BCUT2D eigenvalue weighted by Gasteiger charge is 2.29. The molecule has 156 valence electrons. The highest BCUT2D eigenvalue weighted by molar-refractivity contribution is 7.12. The van der Waals surface area contributed by atoms with Gasteiger partial charge in [0.05, 0.1) is 10.9 Å². The van der Waals surface area contributed by atoms with Crippen LogP contribution in [-0.2, 0) is 9.59 Å². The van der Waals surface area contributed by atoms with E-state index in [1.54, 1.807) is 13.0 Å². The maximum atomic E-state index is 12.7. The minimum Gasteiger partial charge on any atom is -0.354 e. The first-order valence-corrected chi connectivity index (χ1v) is 10.6. The number of amides is 3. The fourth-order valence-electron chi connectivity index (χ4n) is 3.72. The van der Waals surface area contributed by atoms with Crippen molar-refractivity contribution in [3.05, 3.63) is 22.4 Å². The topological polar surface area (TPSA) is 90.5 Å². The molecule has 0 saturated carbocycles. The Morgan fingerprint density at radius 3 is 2.82 bits per heavy atom. The number of hydrogen-bond donors (Lipinski definition) is 3. The van der Waals surface area contributed by atoms with E-state index in [0.717, 1.165) is 32.2 Å². The lowest BCUT2D eigenvalue weighted by atomic mass is 9.97. The number of thiophene rings is 1. The SMILES string of the molecule is CC(NC(=O)c1cccs1)C(=O)N1CCCC(CNC(=O)C2CCCN2)C1.Cl. The Bertz CT molecular complexity index is 664. The molecule has 2 saturated heterocycles. The number of likely N-dealkylation sites (tertiary alicyclic amines) is 1. The summed E-state index contributed by atoms with van der Waals surface area (Å²) in [4.78, 5) is 39.4. The molecule has 9 heteroatoms. The molecule has 2 fully saturated rings. The van der Waals surface area contributed by atoms with Crippen molar-refractivity contribution in [1.82, 2.24) is 20.9 Å². The van der Waals surface area contributed by atoms with Crippen molar-refractivity contribution in [2.24, 2.45) is 5.92 Å². The van der Waals surface area contributed by atoms with Crippen LogP contribution >= 0.6 is 23.7 Å². The van der Waals surface area contributed by atoms with Crippen molar-refractivity contribution in [2.75, 3.05) is 26.2 Å². The van der Waals surface area contributed by atoms with E-state index in [0.29, 0.717) is 24.5 Å². The van der Waals surface area contributed by atoms with Gasteiger partial charge in [0.25, 0.3) is 5.91 Å². The van der Waals surface area contributed by atoms with Crippen LogP contribution in [0.3, 0.4) is 0 Å². The van der Waals surface area contributed by atoms with Crippen LogP contribution in [0, 0.1) is 5.92 Å². The number of rotatable bonds is 6.